The molecule has 1 atom stereocenters. The van der Waals surface area contributed by atoms with Crippen molar-refractivity contribution in [2.45, 2.75) is 26.0 Å². The van der Waals surface area contributed by atoms with E-state index in [9.17, 15) is 9.18 Å². The minimum Gasteiger partial charge on any atom is -0.392 e. The Bertz CT molecular complexity index is 644. The van der Waals surface area contributed by atoms with Crippen molar-refractivity contribution in [3.8, 4) is 0 Å². The molecule has 0 aliphatic carbocycles. The number of aliphatic hydroxyl groups is 1. The first kappa shape index (κ1) is 15.9. The predicted molar refractivity (Wildman–Crippen MR) is 81.9 cm³/mol. The van der Waals surface area contributed by atoms with Gasteiger partial charge in [0.2, 0.25) is 5.91 Å². The molecule has 2 rings (SSSR count). The van der Waals surface area contributed by atoms with Crippen molar-refractivity contribution >= 4 is 28.8 Å². The molecule has 1 unspecified atom stereocenters. The van der Waals surface area contributed by atoms with Crippen LogP contribution in [0.2, 0.25) is 4.34 Å². The van der Waals surface area contributed by atoms with Crippen molar-refractivity contribution in [1.82, 2.24) is 5.32 Å². The number of amides is 1. The molecule has 21 heavy (non-hydrogen) atoms. The monoisotopic (exact) mass is 327 g/mol. The number of aliphatic hydroxyl groups excluding tert-OH is 1. The zero-order chi connectivity index (χ0) is 15.4. The van der Waals surface area contributed by atoms with Gasteiger partial charge in [0.15, 0.2) is 0 Å². The quantitative estimate of drug-likeness (QED) is 0.883. The Morgan fingerprint density at radius 3 is 2.81 bits per heavy atom. The second kappa shape index (κ2) is 7.02. The van der Waals surface area contributed by atoms with Crippen LogP contribution in [0.25, 0.3) is 0 Å². The summed E-state index contributed by atoms with van der Waals surface area (Å²) in [5.41, 5.74) is 0.963. The van der Waals surface area contributed by atoms with Crippen LogP contribution in [0.4, 0.5) is 4.39 Å². The van der Waals surface area contributed by atoms with Crippen LogP contribution < -0.4 is 5.32 Å². The summed E-state index contributed by atoms with van der Waals surface area (Å²) in [6.45, 7) is 1.73. The third kappa shape index (κ3) is 4.03. The van der Waals surface area contributed by atoms with Crippen LogP contribution in [0.15, 0.2) is 30.3 Å². The Hall–Kier alpha value is -1.43. The van der Waals surface area contributed by atoms with Gasteiger partial charge in [-0.25, -0.2) is 4.39 Å². The molecule has 0 spiro atoms. The molecule has 6 heteroatoms. The van der Waals surface area contributed by atoms with Crippen molar-refractivity contribution in [2.24, 2.45) is 0 Å². The van der Waals surface area contributed by atoms with Gasteiger partial charge in [-0.2, -0.15) is 0 Å². The number of halogens is 2. The molecule has 112 valence electrons. The van der Waals surface area contributed by atoms with E-state index >= 15 is 0 Å². The van der Waals surface area contributed by atoms with Crippen LogP contribution in [0.3, 0.4) is 0 Å². The Morgan fingerprint density at radius 2 is 2.19 bits per heavy atom. The molecule has 1 amide bonds. The molecule has 2 N–H and O–H groups in total. The molecule has 1 aromatic carbocycles. The molecule has 1 aromatic heterocycles. The summed E-state index contributed by atoms with van der Waals surface area (Å²) < 4.78 is 13.9. The van der Waals surface area contributed by atoms with E-state index in [1.54, 1.807) is 25.1 Å². The average Bonchev–Trinajstić information content (AvgIpc) is 2.91. The van der Waals surface area contributed by atoms with Crippen molar-refractivity contribution in [1.29, 1.82) is 0 Å². The lowest BCUT2D eigenvalue weighted by Crippen LogP contribution is -2.27. The first-order valence-electron chi connectivity index (χ1n) is 6.42. The van der Waals surface area contributed by atoms with Gasteiger partial charge in [0.05, 0.1) is 16.9 Å². The largest absolute Gasteiger partial charge is 0.392 e. The number of carbonyl (C=O) groups excluding carboxylic acids is 1. The maximum Gasteiger partial charge on any atom is 0.228 e. The number of hydrogen-bond donors (Lipinski definition) is 2. The number of carbonyl (C=O) groups is 1. The van der Waals surface area contributed by atoms with Gasteiger partial charge in [0.25, 0.3) is 0 Å². The zero-order valence-corrected chi connectivity index (χ0v) is 13.0. The Morgan fingerprint density at radius 1 is 1.43 bits per heavy atom. The van der Waals surface area contributed by atoms with E-state index in [2.05, 4.69) is 5.32 Å². The lowest BCUT2D eigenvalue weighted by Gasteiger charge is -2.11. The highest BCUT2D eigenvalue weighted by Crippen LogP contribution is 2.28. The number of hydrogen-bond acceptors (Lipinski definition) is 3. The van der Waals surface area contributed by atoms with E-state index in [1.807, 2.05) is 6.07 Å². The number of rotatable bonds is 5. The molecule has 1 heterocycles. The van der Waals surface area contributed by atoms with E-state index in [4.69, 9.17) is 16.7 Å². The summed E-state index contributed by atoms with van der Waals surface area (Å²) in [6.07, 6.45) is 0. The maximum atomic E-state index is 13.3. The molecular weight excluding hydrogens is 313 g/mol. The highest BCUT2D eigenvalue weighted by molar-refractivity contribution is 7.16. The van der Waals surface area contributed by atoms with Crippen molar-refractivity contribution < 1.29 is 14.3 Å². The van der Waals surface area contributed by atoms with Crippen LogP contribution in [0, 0.1) is 5.82 Å². The van der Waals surface area contributed by atoms with Gasteiger partial charge >= 0.3 is 0 Å². The SMILES string of the molecule is CC(C(=O)NCc1ccc(F)c(CO)c1)c1ccc(Cl)s1. The van der Waals surface area contributed by atoms with Gasteiger partial charge in [-0.3, -0.25) is 4.79 Å². The maximum absolute atomic E-state index is 13.3. The third-order valence-electron chi connectivity index (χ3n) is 3.16. The van der Waals surface area contributed by atoms with Crippen molar-refractivity contribution in [2.75, 3.05) is 0 Å². The van der Waals surface area contributed by atoms with Crippen LogP contribution in [0.1, 0.15) is 28.8 Å². The van der Waals surface area contributed by atoms with Gasteiger partial charge in [0.1, 0.15) is 5.82 Å². The van der Waals surface area contributed by atoms with E-state index < -0.39 is 5.82 Å². The van der Waals surface area contributed by atoms with Crippen LogP contribution in [0.5, 0.6) is 0 Å². The summed E-state index contributed by atoms with van der Waals surface area (Å²) in [7, 11) is 0. The molecule has 3 nitrogen and oxygen atoms in total. The Labute approximate surface area is 131 Å². The molecule has 0 saturated carbocycles. The van der Waals surface area contributed by atoms with Gasteiger partial charge in [0, 0.05) is 17.0 Å². The van der Waals surface area contributed by atoms with E-state index in [0.29, 0.717) is 4.34 Å². The third-order valence-corrected chi connectivity index (χ3v) is 4.58. The average molecular weight is 328 g/mol. The second-order valence-corrected chi connectivity index (χ2v) is 6.41. The minimum absolute atomic E-state index is 0.122. The second-order valence-electron chi connectivity index (χ2n) is 4.67. The van der Waals surface area contributed by atoms with Crippen LogP contribution in [-0.4, -0.2) is 11.0 Å². The summed E-state index contributed by atoms with van der Waals surface area (Å²) >= 11 is 7.23. The van der Waals surface area contributed by atoms with E-state index in [0.717, 1.165) is 10.4 Å². The molecule has 0 radical (unpaired) electrons. The molecule has 0 saturated heterocycles. The van der Waals surface area contributed by atoms with E-state index in [-0.39, 0.29) is 30.5 Å². The summed E-state index contributed by atoms with van der Waals surface area (Å²) in [4.78, 5) is 13.0. The first-order valence-corrected chi connectivity index (χ1v) is 7.62. The van der Waals surface area contributed by atoms with Crippen LogP contribution in [-0.2, 0) is 17.9 Å². The molecule has 0 aliphatic rings. The van der Waals surface area contributed by atoms with Crippen molar-refractivity contribution in [3.05, 3.63) is 56.5 Å². The fourth-order valence-electron chi connectivity index (χ4n) is 1.89. The normalized spacial score (nSPS) is 12.2. The Kier molecular flexibility index (Phi) is 5.33. The summed E-state index contributed by atoms with van der Waals surface area (Å²) in [5, 5.41) is 11.8. The smallest absolute Gasteiger partial charge is 0.228 e. The molecular formula is C15H15ClFNO2S. The van der Waals surface area contributed by atoms with Crippen LogP contribution >= 0.6 is 22.9 Å². The predicted octanol–water partition coefficient (Wildman–Crippen LogP) is 3.45. The van der Waals surface area contributed by atoms with Gasteiger partial charge in [-0.1, -0.05) is 17.7 Å². The first-order chi connectivity index (χ1) is 10.0. The Balaban J connectivity index is 1.97. The lowest BCUT2D eigenvalue weighted by atomic mass is 10.1. The highest BCUT2D eigenvalue weighted by atomic mass is 35.5. The zero-order valence-electron chi connectivity index (χ0n) is 11.4. The minimum atomic E-state index is -0.450. The molecule has 0 fully saturated rings. The number of nitrogens with one attached hydrogen (secondary N) is 1. The van der Waals surface area contributed by atoms with E-state index in [1.165, 1.54) is 17.4 Å². The molecule has 0 aliphatic heterocycles. The number of thiophene rings is 1. The molecule has 0 bridgehead atoms. The highest BCUT2D eigenvalue weighted by Gasteiger charge is 2.16. The lowest BCUT2D eigenvalue weighted by molar-refractivity contribution is -0.122. The van der Waals surface area contributed by atoms with Gasteiger partial charge in [-0.05, 0) is 36.8 Å². The van der Waals surface area contributed by atoms with Gasteiger partial charge in [-0.15, -0.1) is 11.3 Å². The van der Waals surface area contributed by atoms with Gasteiger partial charge < -0.3 is 10.4 Å². The fraction of sp³-hybridized carbons (Fsp3) is 0.267. The van der Waals surface area contributed by atoms with Crippen molar-refractivity contribution in [3.63, 3.8) is 0 Å². The fourth-order valence-corrected chi connectivity index (χ4v) is 3.00. The summed E-state index contributed by atoms with van der Waals surface area (Å²) in [5.74, 6) is -0.863. The summed E-state index contributed by atoms with van der Waals surface area (Å²) in [6, 6.07) is 8.01. The number of benzene rings is 1. The molecule has 2 aromatic rings. The standard InChI is InChI=1S/C15H15ClFNO2S/c1-9(13-4-5-14(16)21-13)15(20)18-7-10-2-3-12(17)11(6-10)8-19/h2-6,9,19H,7-8H2,1H3,(H,18,20). The topological polar surface area (TPSA) is 49.3 Å².